The van der Waals surface area contributed by atoms with E-state index in [1.54, 1.807) is 0 Å². The van der Waals surface area contributed by atoms with Crippen LogP contribution in [0.25, 0.3) is 5.57 Å². The molecule has 1 N–H and O–H groups in total. The van der Waals surface area contributed by atoms with E-state index in [1.165, 1.54) is 17.6 Å². The van der Waals surface area contributed by atoms with Crippen molar-refractivity contribution in [1.82, 2.24) is 10.3 Å². The Hall–Kier alpha value is -0.380. The molecule has 0 amide bonds. The monoisotopic (exact) mass is 298 g/mol. The molecule has 0 aromatic carbocycles. The summed E-state index contributed by atoms with van der Waals surface area (Å²) in [5.41, 5.74) is 2.58. The predicted octanol–water partition coefficient (Wildman–Crippen LogP) is 3.12. The van der Waals surface area contributed by atoms with Crippen molar-refractivity contribution in [3.8, 4) is 0 Å². The molecule has 1 aromatic heterocycles. The van der Waals surface area contributed by atoms with E-state index in [0.717, 1.165) is 23.6 Å². The van der Waals surface area contributed by atoms with Gasteiger partial charge in [0.15, 0.2) is 0 Å². The number of hydrogen-bond donors (Lipinski definition) is 1. The van der Waals surface area contributed by atoms with Gasteiger partial charge in [-0.2, -0.15) is 0 Å². The first-order valence-electron chi connectivity index (χ1n) is 5.48. The highest BCUT2D eigenvalue weighted by atomic mass is 79.9. The maximum Gasteiger partial charge on any atom is 0.124 e. The molecule has 0 unspecified atom stereocenters. The molecule has 4 heteroatoms. The highest BCUT2D eigenvalue weighted by molar-refractivity contribution is 9.10. The molecule has 0 radical (unpaired) electrons. The van der Waals surface area contributed by atoms with E-state index in [1.807, 2.05) is 12.3 Å². The normalized spacial score (nSPS) is 28.0. The summed E-state index contributed by atoms with van der Waals surface area (Å²) in [4.78, 5) is 4.26. The fraction of sp³-hybridized carbons (Fsp3) is 0.417. The molecular formula is C12H12BrClN2. The van der Waals surface area contributed by atoms with Crippen molar-refractivity contribution in [1.29, 1.82) is 0 Å². The van der Waals surface area contributed by atoms with E-state index in [-0.39, 0.29) is 0 Å². The Morgan fingerprint density at radius 2 is 2.31 bits per heavy atom. The molecule has 16 heavy (non-hydrogen) atoms. The van der Waals surface area contributed by atoms with Crippen molar-refractivity contribution in [2.75, 3.05) is 13.1 Å². The van der Waals surface area contributed by atoms with E-state index in [0.29, 0.717) is 10.9 Å². The number of allylic oxidation sites excluding steroid dienone is 1. The van der Waals surface area contributed by atoms with Crippen molar-refractivity contribution in [3.63, 3.8) is 0 Å². The Labute approximate surface area is 108 Å². The lowest BCUT2D eigenvalue weighted by molar-refractivity contribution is 0.542. The van der Waals surface area contributed by atoms with Crippen LogP contribution in [0.3, 0.4) is 0 Å². The van der Waals surface area contributed by atoms with Gasteiger partial charge in [-0.15, -0.1) is 0 Å². The molecular weight excluding hydrogens is 288 g/mol. The van der Waals surface area contributed by atoms with Gasteiger partial charge in [-0.1, -0.05) is 17.7 Å². The lowest BCUT2D eigenvalue weighted by atomic mass is 9.91. The van der Waals surface area contributed by atoms with Crippen LogP contribution in [-0.2, 0) is 0 Å². The number of fused-ring (bicyclic) bond motifs is 1. The van der Waals surface area contributed by atoms with Gasteiger partial charge in [0.2, 0.25) is 0 Å². The molecule has 1 aliphatic heterocycles. The van der Waals surface area contributed by atoms with Crippen LogP contribution >= 0.6 is 27.5 Å². The average molecular weight is 300 g/mol. The van der Waals surface area contributed by atoms with Gasteiger partial charge >= 0.3 is 0 Å². The van der Waals surface area contributed by atoms with Gasteiger partial charge in [-0.25, -0.2) is 4.98 Å². The number of nitrogens with one attached hydrogen (secondary N) is 1. The van der Waals surface area contributed by atoms with Crippen LogP contribution in [0.4, 0.5) is 0 Å². The minimum absolute atomic E-state index is 0.652. The second-order valence-electron chi connectivity index (χ2n) is 4.42. The predicted molar refractivity (Wildman–Crippen MR) is 69.4 cm³/mol. The van der Waals surface area contributed by atoms with Gasteiger partial charge in [0.05, 0.1) is 5.02 Å². The lowest BCUT2D eigenvalue weighted by Crippen LogP contribution is -2.10. The molecule has 1 fully saturated rings. The lowest BCUT2D eigenvalue weighted by Gasteiger charge is -2.13. The number of pyridine rings is 1. The Morgan fingerprint density at radius 3 is 3.12 bits per heavy atom. The maximum atomic E-state index is 6.08. The molecule has 84 valence electrons. The van der Waals surface area contributed by atoms with Crippen LogP contribution in [0.15, 0.2) is 22.9 Å². The van der Waals surface area contributed by atoms with Gasteiger partial charge in [0.1, 0.15) is 4.60 Å². The molecule has 0 bridgehead atoms. The van der Waals surface area contributed by atoms with Crippen LogP contribution in [0.5, 0.6) is 0 Å². The van der Waals surface area contributed by atoms with E-state index < -0.39 is 0 Å². The third-order valence-corrected chi connectivity index (χ3v) is 4.66. The molecule has 0 spiro atoms. The van der Waals surface area contributed by atoms with Gasteiger partial charge in [-0.3, -0.25) is 0 Å². The van der Waals surface area contributed by atoms with Crippen LogP contribution in [0.1, 0.15) is 12.0 Å². The number of hydrogen-bond acceptors (Lipinski definition) is 2. The summed E-state index contributed by atoms with van der Waals surface area (Å²) in [5, 5.41) is 4.13. The molecule has 2 nitrogen and oxygen atoms in total. The SMILES string of the molecule is Clc1cc(C2=CC[C@H]3CNC[C@@H]23)cnc1Br. The van der Waals surface area contributed by atoms with E-state index in [2.05, 4.69) is 32.3 Å². The van der Waals surface area contributed by atoms with Gasteiger partial charge < -0.3 is 5.32 Å². The fourth-order valence-electron chi connectivity index (χ4n) is 2.69. The van der Waals surface area contributed by atoms with Crippen molar-refractivity contribution < 1.29 is 0 Å². The zero-order valence-electron chi connectivity index (χ0n) is 8.71. The molecule has 3 rings (SSSR count). The topological polar surface area (TPSA) is 24.9 Å². The second-order valence-corrected chi connectivity index (χ2v) is 5.57. The molecule has 1 aromatic rings. The summed E-state index contributed by atoms with van der Waals surface area (Å²) in [5.74, 6) is 1.43. The third kappa shape index (κ3) is 1.71. The summed E-state index contributed by atoms with van der Waals surface area (Å²) in [7, 11) is 0. The number of aromatic nitrogens is 1. The highest BCUT2D eigenvalue weighted by Crippen LogP contribution is 2.40. The first kappa shape index (κ1) is 10.8. The molecule has 0 saturated carbocycles. The third-order valence-electron chi connectivity index (χ3n) is 3.51. The van der Waals surface area contributed by atoms with Crippen LogP contribution in [0, 0.1) is 11.8 Å². The van der Waals surface area contributed by atoms with E-state index >= 15 is 0 Å². The largest absolute Gasteiger partial charge is 0.316 e. The summed E-state index contributed by atoms with van der Waals surface area (Å²) in [6, 6.07) is 2.01. The average Bonchev–Trinajstić information content (AvgIpc) is 2.83. The van der Waals surface area contributed by atoms with Crippen molar-refractivity contribution in [3.05, 3.63) is 33.5 Å². The Balaban J connectivity index is 1.95. The van der Waals surface area contributed by atoms with Gasteiger partial charge in [0.25, 0.3) is 0 Å². The first-order valence-corrected chi connectivity index (χ1v) is 6.65. The Morgan fingerprint density at radius 1 is 1.44 bits per heavy atom. The minimum atomic E-state index is 0.652. The molecule has 2 atom stereocenters. The summed E-state index contributed by atoms with van der Waals surface area (Å²) in [6.45, 7) is 2.23. The van der Waals surface area contributed by atoms with E-state index in [9.17, 15) is 0 Å². The summed E-state index contributed by atoms with van der Waals surface area (Å²) < 4.78 is 0.720. The molecule has 1 saturated heterocycles. The molecule has 1 aliphatic carbocycles. The van der Waals surface area contributed by atoms with Crippen molar-refractivity contribution >= 4 is 33.1 Å². The van der Waals surface area contributed by atoms with Gasteiger partial charge in [-0.05, 0) is 52.0 Å². The first-order chi connectivity index (χ1) is 7.75. The fourth-order valence-corrected chi connectivity index (χ4v) is 3.07. The number of rotatable bonds is 1. The maximum absolute atomic E-state index is 6.08. The standard InChI is InChI=1S/C12H12BrClN2/c13-12-11(14)3-8(5-16-12)9-2-1-7-4-15-6-10(7)9/h2-3,5,7,10,15H,1,4,6H2/t7-,10+/m0/s1. The Bertz CT molecular complexity index is 458. The molecule has 2 aliphatic rings. The number of halogens is 2. The number of nitrogens with zero attached hydrogens (tertiary/aromatic N) is 1. The van der Waals surface area contributed by atoms with Crippen LogP contribution in [-0.4, -0.2) is 18.1 Å². The van der Waals surface area contributed by atoms with Crippen molar-refractivity contribution in [2.45, 2.75) is 6.42 Å². The smallest absolute Gasteiger partial charge is 0.124 e. The van der Waals surface area contributed by atoms with E-state index in [4.69, 9.17) is 11.6 Å². The molecule has 2 heterocycles. The second kappa shape index (κ2) is 4.13. The zero-order valence-corrected chi connectivity index (χ0v) is 11.1. The summed E-state index contributed by atoms with van der Waals surface area (Å²) in [6.07, 6.45) is 5.43. The van der Waals surface area contributed by atoms with Crippen molar-refractivity contribution in [2.24, 2.45) is 11.8 Å². The quantitative estimate of drug-likeness (QED) is 0.806. The Kier molecular flexibility index (Phi) is 2.78. The highest BCUT2D eigenvalue weighted by Gasteiger charge is 2.34. The van der Waals surface area contributed by atoms with Crippen LogP contribution in [0.2, 0.25) is 5.02 Å². The van der Waals surface area contributed by atoms with Crippen LogP contribution < -0.4 is 5.32 Å². The summed E-state index contributed by atoms with van der Waals surface area (Å²) >= 11 is 9.40. The van der Waals surface area contributed by atoms with Gasteiger partial charge in [0, 0.05) is 18.7 Å². The minimum Gasteiger partial charge on any atom is -0.316 e. The zero-order chi connectivity index (χ0) is 11.1.